The molecule has 0 saturated carbocycles. The Bertz CT molecular complexity index is 963. The van der Waals surface area contributed by atoms with Crippen LogP contribution in [0.1, 0.15) is 19.4 Å². The third-order valence-corrected chi connectivity index (χ3v) is 4.22. The highest BCUT2D eigenvalue weighted by Gasteiger charge is 2.16. The average Bonchev–Trinajstić information content (AvgIpc) is 3.11. The Morgan fingerprint density at radius 1 is 1.14 bits per heavy atom. The van der Waals surface area contributed by atoms with E-state index in [0.29, 0.717) is 18.2 Å². The van der Waals surface area contributed by atoms with E-state index >= 15 is 0 Å². The summed E-state index contributed by atoms with van der Waals surface area (Å²) in [5.74, 6) is 0.287. The van der Waals surface area contributed by atoms with Crippen molar-refractivity contribution in [1.29, 1.82) is 0 Å². The summed E-state index contributed by atoms with van der Waals surface area (Å²) in [7, 11) is 0. The lowest BCUT2D eigenvalue weighted by Crippen LogP contribution is -2.28. The Hall–Kier alpha value is -3.48. The maximum Gasteiger partial charge on any atom is 0.269 e. The van der Waals surface area contributed by atoms with E-state index < -0.39 is 4.92 Å². The number of carbonyl (C=O) groups excluding carboxylic acids is 1. The summed E-state index contributed by atoms with van der Waals surface area (Å²) in [6.45, 7) is 4.69. The minimum Gasteiger partial charge on any atom is -0.356 e. The average molecular weight is 378 g/mol. The zero-order chi connectivity index (χ0) is 20.1. The van der Waals surface area contributed by atoms with Crippen LogP contribution in [-0.4, -0.2) is 27.2 Å². The lowest BCUT2D eigenvalue weighted by Gasteiger charge is -2.07. The number of rotatable bonds is 7. The van der Waals surface area contributed by atoms with Gasteiger partial charge in [-0.15, -0.1) is 0 Å². The molecule has 1 N–H and O–H groups in total. The molecule has 3 aromatic rings. The van der Waals surface area contributed by atoms with Crippen molar-refractivity contribution >= 4 is 11.6 Å². The molecule has 7 heteroatoms. The van der Waals surface area contributed by atoms with Crippen LogP contribution in [0.2, 0.25) is 0 Å². The Labute approximate surface area is 163 Å². The summed E-state index contributed by atoms with van der Waals surface area (Å²) < 4.78 is 1.72. The molecule has 0 fully saturated rings. The summed E-state index contributed by atoms with van der Waals surface area (Å²) in [6, 6.07) is 15.8. The summed E-state index contributed by atoms with van der Waals surface area (Å²) in [6.07, 6.45) is 2.02. The molecule has 1 amide bonds. The number of nitro groups is 1. The van der Waals surface area contributed by atoms with Gasteiger partial charge in [0.05, 0.1) is 22.7 Å². The van der Waals surface area contributed by atoms with Gasteiger partial charge >= 0.3 is 0 Å². The van der Waals surface area contributed by atoms with E-state index in [2.05, 4.69) is 10.4 Å². The van der Waals surface area contributed by atoms with Crippen LogP contribution in [0.3, 0.4) is 0 Å². The number of nitrogens with one attached hydrogen (secondary N) is 1. The summed E-state index contributed by atoms with van der Waals surface area (Å²) in [4.78, 5) is 22.8. The Balaban J connectivity index is 1.95. The molecule has 0 atom stereocenters. The second kappa shape index (κ2) is 8.47. The topological polar surface area (TPSA) is 90.1 Å². The molecule has 0 aliphatic heterocycles. The molecule has 3 rings (SSSR count). The Kier molecular flexibility index (Phi) is 5.84. The van der Waals surface area contributed by atoms with Crippen LogP contribution in [0.5, 0.6) is 0 Å². The van der Waals surface area contributed by atoms with Gasteiger partial charge in [-0.05, 0) is 30.2 Å². The zero-order valence-electron chi connectivity index (χ0n) is 15.8. The molecular weight excluding hydrogens is 356 g/mol. The van der Waals surface area contributed by atoms with Crippen molar-refractivity contribution in [1.82, 2.24) is 15.1 Å². The number of carbonyl (C=O) groups is 1. The number of nitrogens with zero attached hydrogens (tertiary/aromatic N) is 3. The van der Waals surface area contributed by atoms with Gasteiger partial charge in [-0.25, -0.2) is 4.68 Å². The first-order valence-corrected chi connectivity index (χ1v) is 9.09. The fourth-order valence-electron chi connectivity index (χ4n) is 2.79. The molecule has 1 aromatic heterocycles. The highest BCUT2D eigenvalue weighted by Crippen LogP contribution is 2.26. The molecule has 0 radical (unpaired) electrons. The lowest BCUT2D eigenvalue weighted by atomic mass is 10.1. The minimum atomic E-state index is -0.438. The Morgan fingerprint density at radius 2 is 1.82 bits per heavy atom. The third kappa shape index (κ3) is 4.62. The largest absolute Gasteiger partial charge is 0.356 e. The first-order valence-electron chi connectivity index (χ1n) is 9.09. The zero-order valence-corrected chi connectivity index (χ0v) is 15.8. The molecule has 0 spiro atoms. The molecule has 0 saturated heterocycles. The van der Waals surface area contributed by atoms with E-state index in [0.717, 1.165) is 16.8 Å². The van der Waals surface area contributed by atoms with Gasteiger partial charge in [-0.2, -0.15) is 5.10 Å². The van der Waals surface area contributed by atoms with Crippen molar-refractivity contribution in [2.45, 2.75) is 20.3 Å². The van der Waals surface area contributed by atoms with Crippen molar-refractivity contribution in [2.75, 3.05) is 6.54 Å². The predicted octanol–water partition coefficient (Wildman–Crippen LogP) is 3.76. The van der Waals surface area contributed by atoms with Gasteiger partial charge in [0.15, 0.2) is 0 Å². The predicted molar refractivity (Wildman–Crippen MR) is 107 cm³/mol. The van der Waals surface area contributed by atoms with Crippen LogP contribution < -0.4 is 5.32 Å². The van der Waals surface area contributed by atoms with Crippen LogP contribution in [0.15, 0.2) is 60.8 Å². The molecule has 28 heavy (non-hydrogen) atoms. The van der Waals surface area contributed by atoms with Crippen LogP contribution in [0.4, 0.5) is 5.69 Å². The number of nitro benzene ring substituents is 1. The molecular formula is C21H22N4O3. The number of amides is 1. The number of non-ortho nitro benzene ring substituents is 1. The van der Waals surface area contributed by atoms with Crippen LogP contribution in [-0.2, 0) is 11.2 Å². The minimum absolute atomic E-state index is 0.0162. The number of para-hydroxylation sites is 1. The normalized spacial score (nSPS) is 10.8. The molecule has 7 nitrogen and oxygen atoms in total. The monoisotopic (exact) mass is 378 g/mol. The maximum absolute atomic E-state index is 12.4. The van der Waals surface area contributed by atoms with E-state index in [4.69, 9.17) is 0 Å². The number of hydrogen-bond acceptors (Lipinski definition) is 4. The van der Waals surface area contributed by atoms with Crippen molar-refractivity contribution in [3.05, 3.63) is 76.5 Å². The molecule has 1 heterocycles. The molecule has 2 aromatic carbocycles. The first-order chi connectivity index (χ1) is 13.4. The summed E-state index contributed by atoms with van der Waals surface area (Å²) >= 11 is 0. The van der Waals surface area contributed by atoms with Crippen molar-refractivity contribution in [3.8, 4) is 16.9 Å². The SMILES string of the molecule is CC(C)CNC(=O)Cc1cn(-c2ccccc2)nc1-c1ccc([N+](=O)[O-])cc1. The number of benzene rings is 2. The van der Waals surface area contributed by atoms with Gasteiger partial charge in [0, 0.05) is 36.0 Å². The van der Waals surface area contributed by atoms with Crippen LogP contribution >= 0.6 is 0 Å². The second-order valence-electron chi connectivity index (χ2n) is 6.96. The highest BCUT2D eigenvalue weighted by atomic mass is 16.6. The first kappa shape index (κ1) is 19.3. The van der Waals surface area contributed by atoms with Gasteiger partial charge in [-0.1, -0.05) is 32.0 Å². The third-order valence-electron chi connectivity index (χ3n) is 4.22. The van der Waals surface area contributed by atoms with Gasteiger partial charge < -0.3 is 5.32 Å². The van der Waals surface area contributed by atoms with Crippen molar-refractivity contribution < 1.29 is 9.72 Å². The smallest absolute Gasteiger partial charge is 0.269 e. The molecule has 144 valence electrons. The van der Waals surface area contributed by atoms with Gasteiger partial charge in [-0.3, -0.25) is 14.9 Å². The quantitative estimate of drug-likeness (QED) is 0.501. The number of hydrogen-bond donors (Lipinski definition) is 1. The van der Waals surface area contributed by atoms with Crippen molar-refractivity contribution in [2.24, 2.45) is 5.92 Å². The van der Waals surface area contributed by atoms with E-state index in [1.165, 1.54) is 12.1 Å². The van der Waals surface area contributed by atoms with E-state index in [1.807, 2.05) is 50.4 Å². The fourth-order valence-corrected chi connectivity index (χ4v) is 2.79. The molecule has 0 aliphatic rings. The summed E-state index contributed by atoms with van der Waals surface area (Å²) in [5.41, 5.74) is 3.02. The van der Waals surface area contributed by atoms with Gasteiger partial charge in [0.2, 0.25) is 5.91 Å². The molecule has 0 aliphatic carbocycles. The number of aromatic nitrogens is 2. The van der Waals surface area contributed by atoms with E-state index in [1.54, 1.807) is 16.8 Å². The maximum atomic E-state index is 12.4. The van der Waals surface area contributed by atoms with Crippen LogP contribution in [0, 0.1) is 16.0 Å². The van der Waals surface area contributed by atoms with Crippen molar-refractivity contribution in [3.63, 3.8) is 0 Å². The summed E-state index contributed by atoms with van der Waals surface area (Å²) in [5, 5.41) is 18.5. The van der Waals surface area contributed by atoms with E-state index in [9.17, 15) is 14.9 Å². The lowest BCUT2D eigenvalue weighted by molar-refractivity contribution is -0.384. The molecule has 0 unspecified atom stereocenters. The Morgan fingerprint density at radius 3 is 2.43 bits per heavy atom. The highest BCUT2D eigenvalue weighted by molar-refractivity contribution is 5.81. The second-order valence-corrected chi connectivity index (χ2v) is 6.96. The fraction of sp³-hybridized carbons (Fsp3) is 0.238. The van der Waals surface area contributed by atoms with Gasteiger partial charge in [0.1, 0.15) is 0 Å². The van der Waals surface area contributed by atoms with Crippen LogP contribution in [0.25, 0.3) is 16.9 Å². The standard InChI is InChI=1S/C21H22N4O3/c1-15(2)13-22-20(26)12-17-14-24(18-6-4-3-5-7-18)23-21(17)16-8-10-19(11-9-16)25(27)28/h3-11,14-15H,12-13H2,1-2H3,(H,22,26). The van der Waals surface area contributed by atoms with E-state index in [-0.39, 0.29) is 18.0 Å². The molecule has 0 bridgehead atoms. The van der Waals surface area contributed by atoms with Gasteiger partial charge in [0.25, 0.3) is 5.69 Å².